The highest BCUT2D eigenvalue weighted by atomic mass is 16.5. The number of rotatable bonds is 8. The number of aryl methyl sites for hydroxylation is 2. The first-order valence-electron chi connectivity index (χ1n) is 11.4. The van der Waals surface area contributed by atoms with E-state index in [1.54, 1.807) is 37.1 Å². The molecule has 4 rings (SSSR count). The number of carbonyl (C=O) groups is 2. The minimum Gasteiger partial charge on any atom is -0.492 e. The van der Waals surface area contributed by atoms with Crippen molar-refractivity contribution in [3.8, 4) is 17.0 Å². The number of methoxy groups -OCH3 is 1. The Morgan fingerprint density at radius 2 is 1.82 bits per heavy atom. The fourth-order valence-corrected chi connectivity index (χ4v) is 3.47. The molecule has 0 saturated heterocycles. The summed E-state index contributed by atoms with van der Waals surface area (Å²) in [7, 11) is 8.10. The standard InChI is InChI=1S/C24H27N11O3/c1-13-9-19(33-35(13)5)30-18-10-15(20(32-31-18)23(36)25-2)29-22-21(38-6)14(7-8-26-22)16-11-28-17(12-27-16)24(37)34(3)4/h7-12H,1-6H3,(H,25,36)(H2,26,29,30,31,33). The van der Waals surface area contributed by atoms with Gasteiger partial charge in [0.05, 0.1) is 30.9 Å². The van der Waals surface area contributed by atoms with Crippen LogP contribution in [-0.2, 0) is 7.05 Å². The summed E-state index contributed by atoms with van der Waals surface area (Å²) in [5.41, 5.74) is 2.59. The molecular weight excluding hydrogens is 490 g/mol. The molecule has 4 aromatic heterocycles. The van der Waals surface area contributed by atoms with Crippen molar-refractivity contribution in [1.29, 1.82) is 0 Å². The Bertz CT molecular complexity index is 1460. The fourth-order valence-electron chi connectivity index (χ4n) is 3.47. The second-order valence-corrected chi connectivity index (χ2v) is 8.34. The molecule has 2 amide bonds. The number of carbonyl (C=O) groups excluding carboxylic acids is 2. The van der Waals surface area contributed by atoms with Crippen molar-refractivity contribution in [2.75, 3.05) is 38.9 Å². The van der Waals surface area contributed by atoms with Crippen LogP contribution in [0.5, 0.6) is 5.75 Å². The van der Waals surface area contributed by atoms with E-state index in [0.29, 0.717) is 40.1 Å². The topological polar surface area (TPSA) is 165 Å². The second-order valence-electron chi connectivity index (χ2n) is 8.34. The van der Waals surface area contributed by atoms with Gasteiger partial charge in [0.1, 0.15) is 5.69 Å². The zero-order valence-corrected chi connectivity index (χ0v) is 21.8. The summed E-state index contributed by atoms with van der Waals surface area (Å²) < 4.78 is 7.38. The average Bonchev–Trinajstić information content (AvgIpc) is 3.23. The van der Waals surface area contributed by atoms with Gasteiger partial charge in [0, 0.05) is 57.8 Å². The van der Waals surface area contributed by atoms with Gasteiger partial charge in [0.2, 0.25) is 0 Å². The normalized spacial score (nSPS) is 10.6. The molecule has 0 atom stereocenters. The molecule has 0 unspecified atom stereocenters. The lowest BCUT2D eigenvalue weighted by Gasteiger charge is -2.16. The van der Waals surface area contributed by atoms with E-state index in [9.17, 15) is 9.59 Å². The molecule has 3 N–H and O–H groups in total. The first-order chi connectivity index (χ1) is 18.2. The molecule has 14 heteroatoms. The smallest absolute Gasteiger partial charge is 0.273 e. The van der Waals surface area contributed by atoms with Crippen molar-refractivity contribution in [2.24, 2.45) is 7.05 Å². The van der Waals surface area contributed by atoms with Crippen LogP contribution in [0.15, 0.2) is 36.8 Å². The van der Waals surface area contributed by atoms with E-state index < -0.39 is 5.91 Å². The van der Waals surface area contributed by atoms with Crippen LogP contribution >= 0.6 is 0 Å². The number of amides is 2. The Balaban J connectivity index is 1.70. The molecule has 0 radical (unpaired) electrons. The molecule has 4 heterocycles. The van der Waals surface area contributed by atoms with E-state index in [2.05, 4.69) is 46.2 Å². The van der Waals surface area contributed by atoms with Gasteiger partial charge < -0.3 is 25.6 Å². The van der Waals surface area contributed by atoms with Crippen LogP contribution in [0.2, 0.25) is 0 Å². The number of ether oxygens (including phenoxy) is 1. The van der Waals surface area contributed by atoms with Crippen LogP contribution in [0.25, 0.3) is 11.3 Å². The van der Waals surface area contributed by atoms with Gasteiger partial charge in [0.15, 0.2) is 28.9 Å². The number of nitrogens with one attached hydrogen (secondary N) is 3. The van der Waals surface area contributed by atoms with E-state index in [1.807, 2.05) is 20.0 Å². The number of nitrogens with zero attached hydrogens (tertiary/aromatic N) is 8. The highest BCUT2D eigenvalue weighted by Gasteiger charge is 2.20. The van der Waals surface area contributed by atoms with Crippen molar-refractivity contribution in [3.63, 3.8) is 0 Å². The Kier molecular flexibility index (Phi) is 7.41. The Hall–Kier alpha value is -5.14. The second kappa shape index (κ2) is 10.9. The summed E-state index contributed by atoms with van der Waals surface area (Å²) in [5, 5.41) is 21.3. The quantitative estimate of drug-likeness (QED) is 0.313. The van der Waals surface area contributed by atoms with Gasteiger partial charge in [-0.1, -0.05) is 0 Å². The van der Waals surface area contributed by atoms with Gasteiger partial charge in [0.25, 0.3) is 11.8 Å². The third-order valence-corrected chi connectivity index (χ3v) is 5.52. The lowest BCUT2D eigenvalue weighted by atomic mass is 10.1. The van der Waals surface area contributed by atoms with E-state index in [0.717, 1.165) is 5.69 Å². The van der Waals surface area contributed by atoms with Gasteiger partial charge in [-0.3, -0.25) is 19.3 Å². The van der Waals surface area contributed by atoms with Crippen LogP contribution in [0.4, 0.5) is 23.1 Å². The number of aromatic nitrogens is 7. The monoisotopic (exact) mass is 517 g/mol. The lowest BCUT2D eigenvalue weighted by molar-refractivity contribution is 0.0821. The van der Waals surface area contributed by atoms with Crippen LogP contribution in [0, 0.1) is 6.92 Å². The van der Waals surface area contributed by atoms with Gasteiger partial charge in [-0.2, -0.15) is 5.10 Å². The number of hydrogen-bond donors (Lipinski definition) is 3. The van der Waals surface area contributed by atoms with Crippen LogP contribution in [-0.4, -0.2) is 79.9 Å². The van der Waals surface area contributed by atoms with Crippen molar-refractivity contribution < 1.29 is 14.3 Å². The number of hydrogen-bond acceptors (Lipinski definition) is 11. The average molecular weight is 518 g/mol. The fraction of sp³-hybridized carbons (Fsp3) is 0.250. The molecule has 0 aliphatic heterocycles. The minimum absolute atomic E-state index is 0.0517. The van der Waals surface area contributed by atoms with Crippen molar-refractivity contribution in [1.82, 2.24) is 45.1 Å². The summed E-state index contributed by atoms with van der Waals surface area (Å²) in [5.74, 6) is 0.888. The summed E-state index contributed by atoms with van der Waals surface area (Å²) in [6.07, 6.45) is 4.45. The van der Waals surface area contributed by atoms with Gasteiger partial charge >= 0.3 is 0 Å². The molecule has 14 nitrogen and oxygen atoms in total. The zero-order chi connectivity index (χ0) is 27.4. The third kappa shape index (κ3) is 5.33. The van der Waals surface area contributed by atoms with E-state index in [-0.39, 0.29) is 17.3 Å². The predicted molar refractivity (Wildman–Crippen MR) is 140 cm³/mol. The summed E-state index contributed by atoms with van der Waals surface area (Å²) in [6, 6.07) is 5.19. The Labute approximate surface area is 218 Å². The van der Waals surface area contributed by atoms with E-state index in [4.69, 9.17) is 4.74 Å². The number of pyridine rings is 1. The highest BCUT2D eigenvalue weighted by Crippen LogP contribution is 2.36. The molecule has 0 fully saturated rings. The molecule has 0 aliphatic carbocycles. The molecule has 0 bridgehead atoms. The first kappa shape index (κ1) is 25.9. The minimum atomic E-state index is -0.442. The molecule has 196 valence electrons. The molecule has 0 aromatic carbocycles. The Morgan fingerprint density at radius 1 is 1.03 bits per heavy atom. The number of anilines is 4. The molecule has 38 heavy (non-hydrogen) atoms. The lowest BCUT2D eigenvalue weighted by Crippen LogP contribution is -2.22. The van der Waals surface area contributed by atoms with E-state index >= 15 is 0 Å². The Morgan fingerprint density at radius 3 is 2.42 bits per heavy atom. The van der Waals surface area contributed by atoms with E-state index in [1.165, 1.54) is 31.5 Å². The van der Waals surface area contributed by atoms with Crippen molar-refractivity contribution in [3.05, 3.63) is 53.9 Å². The highest BCUT2D eigenvalue weighted by molar-refractivity contribution is 5.98. The summed E-state index contributed by atoms with van der Waals surface area (Å²) >= 11 is 0. The third-order valence-electron chi connectivity index (χ3n) is 5.52. The predicted octanol–water partition coefficient (Wildman–Crippen LogP) is 1.93. The molecular formula is C24H27N11O3. The largest absolute Gasteiger partial charge is 0.492 e. The SMILES string of the molecule is CNC(=O)c1nnc(Nc2cc(C)n(C)n2)cc1Nc1nccc(-c2cnc(C(=O)N(C)C)cn2)c1OC. The maximum atomic E-state index is 12.5. The van der Waals surface area contributed by atoms with Crippen LogP contribution in [0.1, 0.15) is 26.7 Å². The molecule has 0 spiro atoms. The first-order valence-corrected chi connectivity index (χ1v) is 11.4. The maximum absolute atomic E-state index is 12.5. The van der Waals surface area contributed by atoms with Gasteiger partial charge in [-0.25, -0.2) is 9.97 Å². The molecule has 0 aliphatic rings. The van der Waals surface area contributed by atoms with Gasteiger partial charge in [-0.05, 0) is 13.0 Å². The van der Waals surface area contributed by atoms with Crippen molar-refractivity contribution in [2.45, 2.75) is 6.92 Å². The zero-order valence-electron chi connectivity index (χ0n) is 21.8. The van der Waals surface area contributed by atoms with Crippen LogP contribution < -0.4 is 20.7 Å². The van der Waals surface area contributed by atoms with Crippen LogP contribution in [0.3, 0.4) is 0 Å². The molecule has 0 saturated carbocycles. The van der Waals surface area contributed by atoms with Gasteiger partial charge in [-0.15, -0.1) is 10.2 Å². The molecule has 4 aromatic rings. The summed E-state index contributed by atoms with van der Waals surface area (Å²) in [4.78, 5) is 39.1. The maximum Gasteiger partial charge on any atom is 0.273 e. The van der Waals surface area contributed by atoms with Crippen molar-refractivity contribution >= 4 is 35.0 Å². The summed E-state index contributed by atoms with van der Waals surface area (Å²) in [6.45, 7) is 1.93.